The average Bonchev–Trinajstić information content (AvgIpc) is 2.64. The van der Waals surface area contributed by atoms with Crippen molar-refractivity contribution in [2.24, 2.45) is 0 Å². The van der Waals surface area contributed by atoms with Crippen LogP contribution in [0.1, 0.15) is 31.1 Å². The van der Waals surface area contributed by atoms with Gasteiger partial charge in [-0.3, -0.25) is 9.59 Å². The van der Waals surface area contributed by atoms with Crippen molar-refractivity contribution in [2.45, 2.75) is 20.0 Å². The van der Waals surface area contributed by atoms with Crippen molar-refractivity contribution in [1.82, 2.24) is 0 Å². The van der Waals surface area contributed by atoms with Crippen LogP contribution in [-0.4, -0.2) is 18.5 Å². The highest BCUT2D eigenvalue weighted by Gasteiger charge is 2.24. The van der Waals surface area contributed by atoms with Crippen LogP contribution in [0, 0.1) is 11.3 Å². The molecule has 1 aromatic rings. The number of hydrogen-bond donors (Lipinski definition) is 1. The van der Waals surface area contributed by atoms with E-state index >= 15 is 0 Å². The molecule has 18 heavy (non-hydrogen) atoms. The van der Waals surface area contributed by atoms with Gasteiger partial charge in [0, 0.05) is 13.8 Å². The molecule has 1 heterocycles. The lowest BCUT2D eigenvalue weighted by molar-refractivity contribution is -0.156. The first-order valence-corrected chi connectivity index (χ1v) is 5.03. The molecule has 1 atom stereocenters. The van der Waals surface area contributed by atoms with Crippen molar-refractivity contribution in [2.75, 3.05) is 12.3 Å². The Bertz CT molecular complexity index is 500. The van der Waals surface area contributed by atoms with E-state index in [9.17, 15) is 9.59 Å². The Morgan fingerprint density at radius 2 is 2.17 bits per heavy atom. The van der Waals surface area contributed by atoms with Crippen LogP contribution in [0.25, 0.3) is 0 Å². The number of anilines is 1. The van der Waals surface area contributed by atoms with Crippen LogP contribution in [0.3, 0.4) is 0 Å². The van der Waals surface area contributed by atoms with Crippen molar-refractivity contribution in [3.63, 3.8) is 0 Å². The fraction of sp³-hybridized carbons (Fsp3) is 0.364. The van der Waals surface area contributed by atoms with Gasteiger partial charge in [0.2, 0.25) is 5.88 Å². The van der Waals surface area contributed by atoms with Crippen LogP contribution < -0.4 is 5.73 Å². The Kier molecular flexibility index (Phi) is 4.32. The lowest BCUT2D eigenvalue weighted by atomic mass is 10.1. The number of carbonyl (C=O) groups is 2. The molecule has 1 rings (SSSR count). The Balaban J connectivity index is 2.97. The van der Waals surface area contributed by atoms with Crippen LogP contribution in [0.5, 0.6) is 0 Å². The second kappa shape index (κ2) is 5.72. The van der Waals surface area contributed by atoms with Gasteiger partial charge < -0.3 is 19.6 Å². The minimum atomic E-state index is -0.915. The van der Waals surface area contributed by atoms with Crippen LogP contribution in [0.2, 0.25) is 0 Å². The molecule has 0 bridgehead atoms. The summed E-state index contributed by atoms with van der Waals surface area (Å²) in [6.07, 6.45) is 0.285. The van der Waals surface area contributed by atoms with Crippen molar-refractivity contribution < 1.29 is 23.5 Å². The van der Waals surface area contributed by atoms with E-state index in [-0.39, 0.29) is 23.6 Å². The molecule has 1 aromatic heterocycles. The molecule has 0 aliphatic heterocycles. The Morgan fingerprint density at radius 1 is 1.50 bits per heavy atom. The van der Waals surface area contributed by atoms with Gasteiger partial charge >= 0.3 is 11.9 Å². The summed E-state index contributed by atoms with van der Waals surface area (Å²) in [4.78, 5) is 21.7. The van der Waals surface area contributed by atoms with Crippen LogP contribution in [0.15, 0.2) is 10.7 Å². The lowest BCUT2D eigenvalue weighted by Gasteiger charge is -2.15. The molecule has 0 saturated carbocycles. The number of carbonyl (C=O) groups excluding carboxylic acids is 2. The summed E-state index contributed by atoms with van der Waals surface area (Å²) in [6.45, 7) is 2.22. The summed E-state index contributed by atoms with van der Waals surface area (Å²) < 4.78 is 14.6. The molecule has 0 amide bonds. The van der Waals surface area contributed by atoms with Gasteiger partial charge in [0.05, 0.1) is 5.56 Å². The first-order valence-electron chi connectivity index (χ1n) is 5.03. The molecule has 0 aliphatic carbocycles. The zero-order valence-corrected chi connectivity index (χ0v) is 9.93. The maximum atomic E-state index is 11.0. The van der Waals surface area contributed by atoms with Gasteiger partial charge in [0.15, 0.2) is 6.10 Å². The fourth-order valence-electron chi connectivity index (χ4n) is 1.32. The zero-order valence-electron chi connectivity index (χ0n) is 9.93. The van der Waals surface area contributed by atoms with Crippen molar-refractivity contribution in [1.29, 1.82) is 5.26 Å². The Labute approximate surface area is 103 Å². The maximum absolute atomic E-state index is 11.0. The predicted octanol–water partition coefficient (Wildman–Crippen LogP) is 0.901. The van der Waals surface area contributed by atoms with Gasteiger partial charge in [-0.25, -0.2) is 0 Å². The number of nitrogens with zero attached hydrogens (tertiary/aromatic N) is 1. The smallest absolute Gasteiger partial charge is 0.303 e. The summed E-state index contributed by atoms with van der Waals surface area (Å²) in [5, 5.41) is 8.91. The number of ether oxygens (including phenoxy) is 2. The molecule has 96 valence electrons. The van der Waals surface area contributed by atoms with E-state index in [0.29, 0.717) is 0 Å². The zero-order chi connectivity index (χ0) is 13.7. The molecule has 2 N–H and O–H groups in total. The van der Waals surface area contributed by atoms with E-state index in [2.05, 4.69) is 0 Å². The maximum Gasteiger partial charge on any atom is 0.303 e. The van der Waals surface area contributed by atoms with Gasteiger partial charge in [-0.15, -0.1) is 0 Å². The van der Waals surface area contributed by atoms with E-state index in [1.807, 2.05) is 6.07 Å². The minimum Gasteiger partial charge on any atom is -0.462 e. The number of hydrogen-bond acceptors (Lipinski definition) is 7. The van der Waals surface area contributed by atoms with E-state index < -0.39 is 18.0 Å². The van der Waals surface area contributed by atoms with Crippen LogP contribution in [0.4, 0.5) is 5.88 Å². The summed E-state index contributed by atoms with van der Waals surface area (Å²) in [7, 11) is 0. The number of esters is 2. The van der Waals surface area contributed by atoms with Crippen LogP contribution in [-0.2, 0) is 19.1 Å². The summed E-state index contributed by atoms with van der Waals surface area (Å²) in [5.74, 6) is -1.18. The van der Waals surface area contributed by atoms with E-state index in [1.165, 1.54) is 20.1 Å². The molecule has 0 saturated heterocycles. The topological polar surface area (TPSA) is 116 Å². The first kappa shape index (κ1) is 13.6. The van der Waals surface area contributed by atoms with Gasteiger partial charge in [-0.05, 0) is 0 Å². The second-order valence-electron chi connectivity index (χ2n) is 3.44. The lowest BCUT2D eigenvalue weighted by Crippen LogP contribution is -2.17. The molecular weight excluding hydrogens is 240 g/mol. The molecule has 7 nitrogen and oxygen atoms in total. The van der Waals surface area contributed by atoms with E-state index in [1.54, 1.807) is 0 Å². The summed E-state index contributed by atoms with van der Waals surface area (Å²) >= 11 is 0. The Hall–Kier alpha value is -2.49. The second-order valence-corrected chi connectivity index (χ2v) is 3.44. The fourth-order valence-corrected chi connectivity index (χ4v) is 1.32. The van der Waals surface area contributed by atoms with Gasteiger partial charge in [-0.1, -0.05) is 0 Å². The molecule has 7 heteroatoms. The van der Waals surface area contributed by atoms with E-state index in [0.717, 1.165) is 0 Å². The number of furan rings is 1. The monoisotopic (exact) mass is 252 g/mol. The minimum absolute atomic E-state index is 0.0633. The number of rotatable bonds is 4. The summed E-state index contributed by atoms with van der Waals surface area (Å²) in [5.41, 5.74) is 5.77. The van der Waals surface area contributed by atoms with E-state index in [4.69, 9.17) is 24.9 Å². The third kappa shape index (κ3) is 3.25. The number of nitrogen functional groups attached to an aromatic ring is 1. The van der Waals surface area contributed by atoms with Gasteiger partial charge in [0.1, 0.15) is 24.5 Å². The number of nitrogens with two attached hydrogens (primary N) is 1. The first-order chi connectivity index (χ1) is 8.45. The molecule has 0 spiro atoms. The molecule has 0 aromatic carbocycles. The largest absolute Gasteiger partial charge is 0.462 e. The highest BCUT2D eigenvalue weighted by atomic mass is 16.6. The number of nitriles is 1. The molecule has 0 fully saturated rings. The van der Waals surface area contributed by atoms with Gasteiger partial charge in [-0.2, -0.15) is 5.26 Å². The predicted molar refractivity (Wildman–Crippen MR) is 59.0 cm³/mol. The molecule has 0 radical (unpaired) electrons. The quantitative estimate of drug-likeness (QED) is 0.791. The van der Waals surface area contributed by atoms with Crippen molar-refractivity contribution >= 4 is 17.8 Å². The van der Waals surface area contributed by atoms with Gasteiger partial charge in [0.25, 0.3) is 0 Å². The normalized spacial score (nSPS) is 11.4. The molecular formula is C11H12N2O5. The third-order valence-electron chi connectivity index (χ3n) is 2.05. The SMILES string of the molecule is CC(=O)OC[C@H](OC(C)=O)c1coc(N)c1C#N. The average molecular weight is 252 g/mol. The standard InChI is InChI=1S/C11H12N2O5/c1-6(14)16-5-10(18-7(2)15)9-4-17-11(13)8(9)3-12/h4,10H,5,13H2,1-2H3/t10-/m0/s1. The highest BCUT2D eigenvalue weighted by Crippen LogP contribution is 2.27. The van der Waals surface area contributed by atoms with Crippen LogP contribution >= 0.6 is 0 Å². The van der Waals surface area contributed by atoms with Crippen molar-refractivity contribution in [3.8, 4) is 6.07 Å². The molecule has 0 unspecified atom stereocenters. The van der Waals surface area contributed by atoms with Crippen molar-refractivity contribution in [3.05, 3.63) is 17.4 Å². The Morgan fingerprint density at radius 3 is 2.67 bits per heavy atom. The third-order valence-corrected chi connectivity index (χ3v) is 2.05. The summed E-state index contributed by atoms with van der Waals surface area (Å²) in [6, 6.07) is 1.83. The highest BCUT2D eigenvalue weighted by molar-refractivity contribution is 5.67. The molecule has 0 aliphatic rings.